The van der Waals surface area contributed by atoms with Gasteiger partial charge in [-0.1, -0.05) is 0 Å². The van der Waals surface area contributed by atoms with Gasteiger partial charge in [-0.05, 0) is 13.8 Å². The average molecular weight is 340 g/mol. The van der Waals surface area contributed by atoms with E-state index in [4.69, 9.17) is 4.74 Å². The van der Waals surface area contributed by atoms with Crippen LogP contribution in [0.2, 0.25) is 0 Å². The zero-order valence-electron chi connectivity index (χ0n) is 14.0. The number of hydrogen-bond acceptors (Lipinski definition) is 5. The van der Waals surface area contributed by atoms with E-state index >= 15 is 0 Å². The van der Waals surface area contributed by atoms with Crippen molar-refractivity contribution in [3.63, 3.8) is 0 Å². The van der Waals surface area contributed by atoms with E-state index < -0.39 is 12.0 Å². The van der Waals surface area contributed by atoms with Gasteiger partial charge < -0.3 is 14.5 Å². The van der Waals surface area contributed by atoms with Gasteiger partial charge in [0.25, 0.3) is 11.8 Å². The average Bonchev–Trinajstić information content (AvgIpc) is 2.57. The maximum absolute atomic E-state index is 13.3. The van der Waals surface area contributed by atoms with E-state index in [-0.39, 0.29) is 31.8 Å². The molecule has 1 aromatic rings. The molecule has 2 aliphatic heterocycles. The van der Waals surface area contributed by atoms with Gasteiger partial charge in [-0.25, -0.2) is 18.7 Å². The number of alkyl halides is 2. The van der Waals surface area contributed by atoms with Crippen LogP contribution in [0.15, 0.2) is 6.33 Å². The minimum Gasteiger partial charge on any atom is -0.365 e. The molecule has 8 heteroatoms. The van der Waals surface area contributed by atoms with Crippen molar-refractivity contribution < 1.29 is 18.3 Å². The Kier molecular flexibility index (Phi) is 4.67. The van der Waals surface area contributed by atoms with E-state index in [0.717, 1.165) is 17.1 Å². The molecule has 1 atom stereocenters. The van der Waals surface area contributed by atoms with Gasteiger partial charge in [0, 0.05) is 43.7 Å². The summed E-state index contributed by atoms with van der Waals surface area (Å²) in [5, 5.41) is 0. The summed E-state index contributed by atoms with van der Waals surface area (Å²) in [4.78, 5) is 24.6. The number of piperidine rings is 1. The van der Waals surface area contributed by atoms with Crippen LogP contribution in [0.1, 0.15) is 24.1 Å². The third-order valence-corrected chi connectivity index (χ3v) is 4.76. The SMILES string of the molecule is Cc1ncnc(N2CCOC(C(=O)N3CCC(F)(F)CC3)C2)c1C. The molecule has 2 aliphatic rings. The van der Waals surface area contributed by atoms with Crippen molar-refractivity contribution in [2.45, 2.75) is 38.7 Å². The first-order chi connectivity index (χ1) is 11.4. The number of likely N-dealkylation sites (tertiary alicyclic amines) is 1. The van der Waals surface area contributed by atoms with Crippen LogP contribution in [-0.2, 0) is 9.53 Å². The van der Waals surface area contributed by atoms with Crippen LogP contribution in [-0.4, -0.2) is 65.6 Å². The fraction of sp³-hybridized carbons (Fsp3) is 0.688. The first-order valence-corrected chi connectivity index (χ1v) is 8.19. The van der Waals surface area contributed by atoms with Gasteiger partial charge >= 0.3 is 0 Å². The van der Waals surface area contributed by atoms with E-state index in [1.807, 2.05) is 18.7 Å². The fourth-order valence-electron chi connectivity index (χ4n) is 3.09. The molecule has 6 nitrogen and oxygen atoms in total. The number of nitrogens with zero attached hydrogens (tertiary/aromatic N) is 4. The van der Waals surface area contributed by atoms with E-state index in [9.17, 15) is 13.6 Å². The molecule has 3 heterocycles. The Labute approximate surface area is 139 Å². The molecule has 1 aromatic heterocycles. The second-order valence-electron chi connectivity index (χ2n) is 6.39. The summed E-state index contributed by atoms with van der Waals surface area (Å²) in [5.41, 5.74) is 1.87. The molecule has 132 valence electrons. The number of aromatic nitrogens is 2. The molecule has 0 spiro atoms. The maximum Gasteiger partial charge on any atom is 0.253 e. The van der Waals surface area contributed by atoms with E-state index in [1.165, 1.54) is 11.2 Å². The summed E-state index contributed by atoms with van der Waals surface area (Å²) in [6.45, 7) is 5.45. The number of amides is 1. The summed E-state index contributed by atoms with van der Waals surface area (Å²) in [6.07, 6.45) is 0.315. The molecule has 0 saturated carbocycles. The maximum atomic E-state index is 13.3. The van der Waals surface area contributed by atoms with Crippen LogP contribution in [0, 0.1) is 13.8 Å². The molecule has 24 heavy (non-hydrogen) atoms. The van der Waals surface area contributed by atoms with Crippen molar-refractivity contribution in [3.05, 3.63) is 17.6 Å². The summed E-state index contributed by atoms with van der Waals surface area (Å²) >= 11 is 0. The number of hydrogen-bond donors (Lipinski definition) is 0. The van der Waals surface area contributed by atoms with E-state index in [2.05, 4.69) is 9.97 Å². The van der Waals surface area contributed by atoms with Crippen molar-refractivity contribution in [2.24, 2.45) is 0 Å². The van der Waals surface area contributed by atoms with Gasteiger partial charge in [0.05, 0.1) is 13.2 Å². The predicted molar refractivity (Wildman–Crippen MR) is 84.2 cm³/mol. The third kappa shape index (κ3) is 3.48. The number of ether oxygens (including phenoxy) is 1. The first kappa shape index (κ1) is 17.0. The van der Waals surface area contributed by atoms with E-state index in [0.29, 0.717) is 19.7 Å². The number of morpholine rings is 1. The molecule has 2 fully saturated rings. The molecular weight excluding hydrogens is 318 g/mol. The molecule has 0 radical (unpaired) electrons. The minimum absolute atomic E-state index is 0.0807. The van der Waals surface area contributed by atoms with Crippen molar-refractivity contribution in [3.8, 4) is 0 Å². The highest BCUT2D eigenvalue weighted by molar-refractivity contribution is 5.82. The number of halogens is 2. The summed E-state index contributed by atoms with van der Waals surface area (Å²) in [5.74, 6) is -2.07. The summed E-state index contributed by atoms with van der Waals surface area (Å²) < 4.78 is 32.1. The van der Waals surface area contributed by atoms with Gasteiger partial charge in [-0.2, -0.15) is 0 Å². The van der Waals surface area contributed by atoms with Gasteiger partial charge in [-0.15, -0.1) is 0 Å². The van der Waals surface area contributed by atoms with Crippen LogP contribution in [0.3, 0.4) is 0 Å². The monoisotopic (exact) mass is 340 g/mol. The molecular formula is C16H22F2N4O2. The summed E-state index contributed by atoms with van der Waals surface area (Å²) in [6, 6.07) is 0. The van der Waals surface area contributed by atoms with Crippen molar-refractivity contribution in [1.29, 1.82) is 0 Å². The minimum atomic E-state index is -2.66. The van der Waals surface area contributed by atoms with Crippen molar-refractivity contribution in [2.75, 3.05) is 37.7 Å². The highest BCUT2D eigenvalue weighted by Crippen LogP contribution is 2.28. The van der Waals surface area contributed by atoms with Crippen LogP contribution in [0.25, 0.3) is 0 Å². The molecule has 1 unspecified atom stereocenters. The Bertz CT molecular complexity index is 616. The number of carbonyl (C=O) groups excluding carboxylic acids is 1. The standard InChI is InChI=1S/C16H22F2N4O2/c1-11-12(2)19-10-20-14(11)22-7-8-24-13(9-22)15(23)21-5-3-16(17,18)4-6-21/h10,13H,3-9H2,1-2H3. The zero-order valence-corrected chi connectivity index (χ0v) is 14.0. The number of aryl methyl sites for hydroxylation is 1. The van der Waals surface area contributed by atoms with Crippen LogP contribution in [0.4, 0.5) is 14.6 Å². The molecule has 1 amide bonds. The molecule has 3 rings (SSSR count). The van der Waals surface area contributed by atoms with Gasteiger partial charge in [0.2, 0.25) is 0 Å². The smallest absolute Gasteiger partial charge is 0.253 e. The van der Waals surface area contributed by atoms with Crippen LogP contribution >= 0.6 is 0 Å². The zero-order chi connectivity index (χ0) is 17.3. The van der Waals surface area contributed by atoms with Gasteiger partial charge in [0.1, 0.15) is 12.1 Å². The highest BCUT2D eigenvalue weighted by Gasteiger charge is 2.38. The van der Waals surface area contributed by atoms with Crippen LogP contribution < -0.4 is 4.90 Å². The Balaban J connectivity index is 1.67. The Hall–Kier alpha value is -1.83. The first-order valence-electron chi connectivity index (χ1n) is 8.19. The quantitative estimate of drug-likeness (QED) is 0.818. The van der Waals surface area contributed by atoms with Gasteiger partial charge in [-0.3, -0.25) is 4.79 Å². The Morgan fingerprint density at radius 1 is 1.25 bits per heavy atom. The second kappa shape index (κ2) is 6.58. The topological polar surface area (TPSA) is 58.6 Å². The Morgan fingerprint density at radius 3 is 2.67 bits per heavy atom. The molecule has 0 N–H and O–H groups in total. The normalized spacial score (nSPS) is 24.1. The lowest BCUT2D eigenvalue weighted by molar-refractivity contribution is -0.150. The van der Waals surface area contributed by atoms with Gasteiger partial charge in [0.15, 0.2) is 6.10 Å². The molecule has 0 aliphatic carbocycles. The lowest BCUT2D eigenvalue weighted by Gasteiger charge is -2.38. The highest BCUT2D eigenvalue weighted by atomic mass is 19.3. The number of carbonyl (C=O) groups is 1. The second-order valence-corrected chi connectivity index (χ2v) is 6.39. The fourth-order valence-corrected chi connectivity index (χ4v) is 3.09. The summed E-state index contributed by atoms with van der Waals surface area (Å²) in [7, 11) is 0. The largest absolute Gasteiger partial charge is 0.365 e. The molecule has 0 bridgehead atoms. The number of rotatable bonds is 2. The third-order valence-electron chi connectivity index (χ3n) is 4.76. The molecule has 0 aromatic carbocycles. The number of anilines is 1. The van der Waals surface area contributed by atoms with Crippen molar-refractivity contribution >= 4 is 11.7 Å². The Morgan fingerprint density at radius 2 is 1.96 bits per heavy atom. The van der Waals surface area contributed by atoms with Crippen LogP contribution in [0.5, 0.6) is 0 Å². The lowest BCUT2D eigenvalue weighted by Crippen LogP contribution is -2.53. The van der Waals surface area contributed by atoms with Crippen molar-refractivity contribution in [1.82, 2.24) is 14.9 Å². The molecule has 2 saturated heterocycles. The van der Waals surface area contributed by atoms with E-state index in [1.54, 1.807) is 0 Å². The lowest BCUT2D eigenvalue weighted by atomic mass is 10.1. The predicted octanol–water partition coefficient (Wildman–Crippen LogP) is 1.56.